The van der Waals surface area contributed by atoms with Crippen molar-refractivity contribution in [2.24, 2.45) is 0 Å². The van der Waals surface area contributed by atoms with Crippen LogP contribution in [0.1, 0.15) is 67.2 Å². The topological polar surface area (TPSA) is 54.9 Å². The highest BCUT2D eigenvalue weighted by Gasteiger charge is 2.26. The molecule has 2 atom stereocenters. The fourth-order valence-corrected chi connectivity index (χ4v) is 3.46. The van der Waals surface area contributed by atoms with Crippen molar-refractivity contribution in [1.82, 2.24) is 14.9 Å². The van der Waals surface area contributed by atoms with Gasteiger partial charge in [-0.3, -0.25) is 4.79 Å². The molecule has 1 aliphatic rings. The summed E-state index contributed by atoms with van der Waals surface area (Å²) in [6.45, 7) is 4.03. The molecular weight excluding hydrogens is 282 g/mol. The SMILES string of the molecule is CC(C)c1nnsc1C(=O)NC1CCCCCC1Cl. The molecule has 0 bridgehead atoms. The molecule has 0 aliphatic heterocycles. The monoisotopic (exact) mass is 301 g/mol. The number of carbonyl (C=O) groups is 1. The van der Waals surface area contributed by atoms with Crippen molar-refractivity contribution in [3.8, 4) is 0 Å². The Bertz CT molecular complexity index is 435. The molecule has 2 rings (SSSR count). The van der Waals surface area contributed by atoms with Gasteiger partial charge in [0.1, 0.15) is 4.88 Å². The van der Waals surface area contributed by atoms with Crippen LogP contribution in [0.3, 0.4) is 0 Å². The van der Waals surface area contributed by atoms with E-state index >= 15 is 0 Å². The van der Waals surface area contributed by atoms with Crippen LogP contribution in [-0.2, 0) is 0 Å². The molecule has 2 unspecified atom stereocenters. The number of halogens is 1. The first-order chi connectivity index (χ1) is 9.09. The average molecular weight is 302 g/mol. The lowest BCUT2D eigenvalue weighted by molar-refractivity contribution is 0.0936. The molecule has 1 amide bonds. The van der Waals surface area contributed by atoms with Crippen molar-refractivity contribution in [1.29, 1.82) is 0 Å². The average Bonchev–Trinajstić information content (AvgIpc) is 2.78. The van der Waals surface area contributed by atoms with E-state index in [0.717, 1.165) is 42.9 Å². The predicted octanol–water partition coefficient (Wildman–Crippen LogP) is 3.33. The summed E-state index contributed by atoms with van der Waals surface area (Å²) >= 11 is 7.52. The molecule has 106 valence electrons. The van der Waals surface area contributed by atoms with Gasteiger partial charge in [-0.2, -0.15) is 0 Å². The van der Waals surface area contributed by atoms with Gasteiger partial charge in [0, 0.05) is 6.04 Å². The third-order valence-electron chi connectivity index (χ3n) is 3.51. The van der Waals surface area contributed by atoms with Crippen LogP contribution in [0.4, 0.5) is 0 Å². The standard InChI is InChI=1S/C13H20ClN3OS/c1-8(2)11-12(19-17-16-11)13(18)15-10-7-5-3-4-6-9(10)14/h8-10H,3-7H2,1-2H3,(H,15,18). The van der Waals surface area contributed by atoms with E-state index in [1.165, 1.54) is 6.42 Å². The lowest BCUT2D eigenvalue weighted by atomic mass is 10.1. The van der Waals surface area contributed by atoms with Crippen LogP contribution in [0.15, 0.2) is 0 Å². The van der Waals surface area contributed by atoms with Gasteiger partial charge >= 0.3 is 0 Å². The maximum Gasteiger partial charge on any atom is 0.265 e. The molecule has 1 saturated carbocycles. The van der Waals surface area contributed by atoms with Gasteiger partial charge < -0.3 is 5.32 Å². The summed E-state index contributed by atoms with van der Waals surface area (Å²) in [5.74, 6) is 0.136. The fourth-order valence-electron chi connectivity index (χ4n) is 2.39. The van der Waals surface area contributed by atoms with Gasteiger partial charge in [0.25, 0.3) is 5.91 Å². The first-order valence-corrected chi connectivity index (χ1v) is 8.07. The zero-order valence-electron chi connectivity index (χ0n) is 11.4. The lowest BCUT2D eigenvalue weighted by Crippen LogP contribution is -2.40. The largest absolute Gasteiger partial charge is 0.347 e. The summed E-state index contributed by atoms with van der Waals surface area (Å²) in [5, 5.41) is 7.14. The molecule has 0 spiro atoms. The van der Waals surface area contributed by atoms with E-state index in [0.29, 0.717) is 4.88 Å². The molecular formula is C13H20ClN3OS. The third kappa shape index (κ3) is 3.66. The lowest BCUT2D eigenvalue weighted by Gasteiger charge is -2.20. The first-order valence-electron chi connectivity index (χ1n) is 6.86. The number of nitrogens with one attached hydrogen (secondary N) is 1. The summed E-state index contributed by atoms with van der Waals surface area (Å²) in [6.07, 6.45) is 5.43. The normalized spacial score (nSPS) is 24.2. The quantitative estimate of drug-likeness (QED) is 0.688. The van der Waals surface area contributed by atoms with Crippen LogP contribution in [0.5, 0.6) is 0 Å². The van der Waals surface area contributed by atoms with E-state index in [2.05, 4.69) is 14.9 Å². The highest BCUT2D eigenvalue weighted by Crippen LogP contribution is 2.24. The number of carbonyl (C=O) groups excluding carboxylic acids is 1. The Balaban J connectivity index is 2.05. The summed E-state index contributed by atoms with van der Waals surface area (Å²) in [5.41, 5.74) is 0.780. The smallest absolute Gasteiger partial charge is 0.265 e. The van der Waals surface area contributed by atoms with E-state index in [1.54, 1.807) is 0 Å². The van der Waals surface area contributed by atoms with Crippen LogP contribution in [0.25, 0.3) is 0 Å². The van der Waals surface area contributed by atoms with E-state index in [9.17, 15) is 4.79 Å². The van der Waals surface area contributed by atoms with Gasteiger partial charge in [0.2, 0.25) is 0 Å². The first kappa shape index (κ1) is 14.7. The third-order valence-corrected chi connectivity index (χ3v) is 4.78. The van der Waals surface area contributed by atoms with Gasteiger partial charge in [-0.05, 0) is 30.3 Å². The number of aromatic nitrogens is 2. The minimum atomic E-state index is -0.0729. The van der Waals surface area contributed by atoms with Crippen LogP contribution >= 0.6 is 23.1 Å². The Morgan fingerprint density at radius 3 is 2.84 bits per heavy atom. The van der Waals surface area contributed by atoms with Crippen LogP contribution in [-0.4, -0.2) is 26.9 Å². The summed E-state index contributed by atoms with van der Waals surface area (Å²) in [4.78, 5) is 12.9. The molecule has 1 heterocycles. The Morgan fingerprint density at radius 1 is 1.37 bits per heavy atom. The molecule has 0 radical (unpaired) electrons. The maximum absolute atomic E-state index is 12.3. The number of rotatable bonds is 3. The zero-order chi connectivity index (χ0) is 13.8. The van der Waals surface area contributed by atoms with Gasteiger partial charge in [0.05, 0.1) is 11.1 Å². The highest BCUT2D eigenvalue weighted by atomic mass is 35.5. The van der Waals surface area contributed by atoms with E-state index in [1.807, 2.05) is 13.8 Å². The molecule has 0 saturated heterocycles. The van der Waals surface area contributed by atoms with Crippen LogP contribution in [0, 0.1) is 0 Å². The second-order valence-corrected chi connectivity index (χ2v) is 6.69. The van der Waals surface area contributed by atoms with Crippen molar-refractivity contribution < 1.29 is 4.79 Å². The second-order valence-electron chi connectivity index (χ2n) is 5.38. The van der Waals surface area contributed by atoms with Crippen molar-refractivity contribution >= 4 is 29.0 Å². The molecule has 1 N–H and O–H groups in total. The minimum Gasteiger partial charge on any atom is -0.347 e. The van der Waals surface area contributed by atoms with Crippen molar-refractivity contribution in [3.63, 3.8) is 0 Å². The Labute approximate surface area is 123 Å². The van der Waals surface area contributed by atoms with Crippen molar-refractivity contribution in [3.05, 3.63) is 10.6 Å². The predicted molar refractivity (Wildman–Crippen MR) is 78.0 cm³/mol. The van der Waals surface area contributed by atoms with E-state index in [4.69, 9.17) is 11.6 Å². The van der Waals surface area contributed by atoms with Gasteiger partial charge in [-0.15, -0.1) is 16.7 Å². The van der Waals surface area contributed by atoms with Gasteiger partial charge in [0.15, 0.2) is 0 Å². The highest BCUT2D eigenvalue weighted by molar-refractivity contribution is 7.08. The number of hydrogen-bond donors (Lipinski definition) is 1. The Kier molecular flexibility index (Phi) is 5.16. The number of hydrogen-bond acceptors (Lipinski definition) is 4. The molecule has 1 aromatic rings. The van der Waals surface area contributed by atoms with Gasteiger partial charge in [-0.25, -0.2) is 0 Å². The molecule has 1 fully saturated rings. The van der Waals surface area contributed by atoms with Crippen molar-refractivity contribution in [2.45, 2.75) is 63.3 Å². The molecule has 6 heteroatoms. The second kappa shape index (κ2) is 6.66. The van der Waals surface area contributed by atoms with Crippen LogP contribution in [0.2, 0.25) is 0 Å². The van der Waals surface area contributed by atoms with Crippen molar-refractivity contribution in [2.75, 3.05) is 0 Å². The molecule has 19 heavy (non-hydrogen) atoms. The minimum absolute atomic E-state index is 0.0369. The molecule has 0 aromatic carbocycles. The fraction of sp³-hybridized carbons (Fsp3) is 0.769. The summed E-state index contributed by atoms with van der Waals surface area (Å²) in [6, 6.07) is 0.0683. The van der Waals surface area contributed by atoms with Crippen LogP contribution < -0.4 is 5.32 Å². The van der Waals surface area contributed by atoms with Gasteiger partial charge in [-0.1, -0.05) is 37.6 Å². The number of amides is 1. The molecule has 1 aromatic heterocycles. The Morgan fingerprint density at radius 2 is 2.11 bits per heavy atom. The Hall–Kier alpha value is -0.680. The maximum atomic E-state index is 12.3. The summed E-state index contributed by atoms with van der Waals surface area (Å²) in [7, 11) is 0. The number of nitrogens with zero attached hydrogens (tertiary/aromatic N) is 2. The zero-order valence-corrected chi connectivity index (χ0v) is 12.9. The van der Waals surface area contributed by atoms with E-state index in [-0.39, 0.29) is 23.2 Å². The number of alkyl halides is 1. The molecule has 1 aliphatic carbocycles. The summed E-state index contributed by atoms with van der Waals surface area (Å²) < 4.78 is 3.89. The molecule has 4 nitrogen and oxygen atoms in total. The van der Waals surface area contributed by atoms with E-state index < -0.39 is 0 Å².